The number of ether oxygens (including phenoxy) is 3. The van der Waals surface area contributed by atoms with Crippen LogP contribution in [0.4, 0.5) is 13.6 Å². The van der Waals surface area contributed by atoms with Gasteiger partial charge in [-0.2, -0.15) is 8.78 Å². The number of carbonyl (C=O) groups excluding carboxylic acids is 2. The van der Waals surface area contributed by atoms with E-state index in [2.05, 4.69) is 15.4 Å². The predicted octanol–water partition coefficient (Wildman–Crippen LogP) is 2.10. The number of urea groups is 1. The van der Waals surface area contributed by atoms with Crippen LogP contribution in [0.2, 0.25) is 0 Å². The van der Waals surface area contributed by atoms with Crippen molar-refractivity contribution in [2.24, 2.45) is 0 Å². The standard InChI is InChI=1S/C15H16F2N2O5/c1-7-11(13(20)23-3)12(19-15(21)18-7)8-4-5-9(24-14(16)17)10(6-8)22-2/h4-6,12,14H,1-3H3,(H2,18,19,21). The molecular formula is C15H16F2N2O5. The first-order valence-electron chi connectivity index (χ1n) is 6.86. The summed E-state index contributed by atoms with van der Waals surface area (Å²) in [6.07, 6.45) is 0. The highest BCUT2D eigenvalue weighted by Gasteiger charge is 2.32. The Hall–Kier alpha value is -2.84. The maximum atomic E-state index is 12.4. The van der Waals surface area contributed by atoms with Gasteiger partial charge in [0.1, 0.15) is 0 Å². The molecule has 7 nitrogen and oxygen atoms in total. The third kappa shape index (κ3) is 3.55. The Morgan fingerprint density at radius 3 is 2.54 bits per heavy atom. The SMILES string of the molecule is COC(=O)C1=C(C)NC(=O)NC1c1ccc(OC(F)F)c(OC)c1. The number of hydrogen-bond donors (Lipinski definition) is 2. The van der Waals surface area contributed by atoms with Crippen LogP contribution in [-0.4, -0.2) is 32.8 Å². The lowest BCUT2D eigenvalue weighted by molar-refractivity contribution is -0.136. The number of hydrogen-bond acceptors (Lipinski definition) is 5. The molecule has 1 aliphatic rings. The van der Waals surface area contributed by atoms with Crippen LogP contribution < -0.4 is 20.1 Å². The minimum atomic E-state index is -3.00. The summed E-state index contributed by atoms with van der Waals surface area (Å²) < 4.78 is 38.9. The van der Waals surface area contributed by atoms with Gasteiger partial charge >= 0.3 is 18.6 Å². The number of benzene rings is 1. The lowest BCUT2D eigenvalue weighted by Gasteiger charge is -2.28. The van der Waals surface area contributed by atoms with Gasteiger partial charge in [-0.1, -0.05) is 6.07 Å². The van der Waals surface area contributed by atoms with Gasteiger partial charge in [-0.15, -0.1) is 0 Å². The van der Waals surface area contributed by atoms with Crippen molar-refractivity contribution in [1.82, 2.24) is 10.6 Å². The van der Waals surface area contributed by atoms with Gasteiger partial charge in [-0.05, 0) is 24.6 Å². The smallest absolute Gasteiger partial charge is 0.387 e. The van der Waals surface area contributed by atoms with E-state index >= 15 is 0 Å². The summed E-state index contributed by atoms with van der Waals surface area (Å²) in [7, 11) is 2.51. The van der Waals surface area contributed by atoms with Gasteiger partial charge in [0, 0.05) is 5.70 Å². The monoisotopic (exact) mass is 342 g/mol. The summed E-state index contributed by atoms with van der Waals surface area (Å²) in [4.78, 5) is 23.7. The first-order chi connectivity index (χ1) is 11.4. The molecule has 9 heteroatoms. The molecule has 2 rings (SSSR count). The van der Waals surface area contributed by atoms with E-state index in [1.807, 2.05) is 0 Å². The number of nitrogens with one attached hydrogen (secondary N) is 2. The van der Waals surface area contributed by atoms with Crippen LogP contribution in [0.15, 0.2) is 29.5 Å². The third-order valence-electron chi connectivity index (χ3n) is 3.41. The molecule has 1 unspecified atom stereocenters. The van der Waals surface area contributed by atoms with Crippen molar-refractivity contribution in [3.05, 3.63) is 35.0 Å². The number of carbonyl (C=O) groups is 2. The molecule has 0 spiro atoms. The molecule has 0 aromatic heterocycles. The van der Waals surface area contributed by atoms with Crippen LogP contribution in [-0.2, 0) is 9.53 Å². The summed E-state index contributed by atoms with van der Waals surface area (Å²) in [6, 6.07) is 2.81. The number of halogens is 2. The number of alkyl halides is 2. The Balaban J connectivity index is 2.46. The highest BCUT2D eigenvalue weighted by Crippen LogP contribution is 2.35. The van der Waals surface area contributed by atoms with Crippen LogP contribution in [0.5, 0.6) is 11.5 Å². The lowest BCUT2D eigenvalue weighted by atomic mass is 9.95. The number of amides is 2. The van der Waals surface area contributed by atoms with Crippen molar-refractivity contribution in [3.63, 3.8) is 0 Å². The minimum Gasteiger partial charge on any atom is -0.493 e. The van der Waals surface area contributed by atoms with Crippen molar-refractivity contribution in [1.29, 1.82) is 0 Å². The van der Waals surface area contributed by atoms with Crippen molar-refractivity contribution < 1.29 is 32.6 Å². The highest BCUT2D eigenvalue weighted by atomic mass is 19.3. The molecule has 1 heterocycles. The number of esters is 1. The third-order valence-corrected chi connectivity index (χ3v) is 3.41. The van der Waals surface area contributed by atoms with E-state index in [1.165, 1.54) is 32.4 Å². The second kappa shape index (κ2) is 7.16. The van der Waals surface area contributed by atoms with Gasteiger partial charge in [0.15, 0.2) is 11.5 Å². The number of allylic oxidation sites excluding steroid dienone is 1. The van der Waals surface area contributed by atoms with Gasteiger partial charge in [0.2, 0.25) is 0 Å². The fourth-order valence-electron chi connectivity index (χ4n) is 2.38. The van der Waals surface area contributed by atoms with E-state index in [-0.39, 0.29) is 17.1 Å². The van der Waals surface area contributed by atoms with Crippen molar-refractivity contribution in [2.45, 2.75) is 19.6 Å². The Bertz CT molecular complexity index is 690. The first kappa shape index (κ1) is 17.5. The molecule has 0 saturated heterocycles. The zero-order chi connectivity index (χ0) is 17.9. The van der Waals surface area contributed by atoms with Gasteiger partial charge in [0.25, 0.3) is 0 Å². The van der Waals surface area contributed by atoms with Crippen molar-refractivity contribution in [3.8, 4) is 11.5 Å². The molecule has 2 N–H and O–H groups in total. The zero-order valence-corrected chi connectivity index (χ0v) is 13.2. The van der Waals surface area contributed by atoms with E-state index in [0.717, 1.165) is 0 Å². The molecule has 130 valence electrons. The quantitative estimate of drug-likeness (QED) is 0.801. The molecule has 0 saturated carbocycles. The molecule has 1 aromatic rings. The predicted molar refractivity (Wildman–Crippen MR) is 78.8 cm³/mol. The number of methoxy groups -OCH3 is 2. The summed E-state index contributed by atoms with van der Waals surface area (Å²) >= 11 is 0. The van der Waals surface area contributed by atoms with Crippen LogP contribution in [0.25, 0.3) is 0 Å². The fraction of sp³-hybridized carbons (Fsp3) is 0.333. The topological polar surface area (TPSA) is 85.9 Å². The van der Waals surface area contributed by atoms with Crippen LogP contribution in [0.1, 0.15) is 18.5 Å². The molecule has 1 atom stereocenters. The Labute approximate surface area is 136 Å². The normalized spacial score (nSPS) is 17.2. The second-order valence-corrected chi connectivity index (χ2v) is 4.85. The largest absolute Gasteiger partial charge is 0.493 e. The first-order valence-corrected chi connectivity index (χ1v) is 6.86. The minimum absolute atomic E-state index is 0.0439. The molecule has 0 bridgehead atoms. The summed E-state index contributed by atoms with van der Waals surface area (Å²) in [5.74, 6) is -0.740. The van der Waals surface area contributed by atoms with E-state index < -0.39 is 24.7 Å². The molecular weight excluding hydrogens is 326 g/mol. The number of rotatable bonds is 5. The van der Waals surface area contributed by atoms with Crippen LogP contribution in [0.3, 0.4) is 0 Å². The molecule has 24 heavy (non-hydrogen) atoms. The van der Waals surface area contributed by atoms with E-state index in [0.29, 0.717) is 11.3 Å². The Morgan fingerprint density at radius 2 is 1.96 bits per heavy atom. The summed E-state index contributed by atoms with van der Waals surface area (Å²) in [6.45, 7) is -1.44. The van der Waals surface area contributed by atoms with Crippen molar-refractivity contribution >= 4 is 12.0 Å². The zero-order valence-electron chi connectivity index (χ0n) is 13.2. The van der Waals surface area contributed by atoms with Gasteiger partial charge in [-0.3, -0.25) is 0 Å². The molecule has 2 amide bonds. The molecule has 0 radical (unpaired) electrons. The van der Waals surface area contributed by atoms with Gasteiger partial charge < -0.3 is 24.8 Å². The molecule has 0 fully saturated rings. The van der Waals surface area contributed by atoms with E-state index in [9.17, 15) is 18.4 Å². The summed E-state index contributed by atoms with van der Waals surface area (Å²) in [5.41, 5.74) is 0.979. The van der Waals surface area contributed by atoms with Gasteiger partial charge in [0.05, 0.1) is 25.8 Å². The summed E-state index contributed by atoms with van der Waals surface area (Å²) in [5, 5.41) is 5.07. The molecule has 1 aromatic carbocycles. The van der Waals surface area contributed by atoms with Crippen LogP contribution >= 0.6 is 0 Å². The maximum Gasteiger partial charge on any atom is 0.387 e. The van der Waals surface area contributed by atoms with Crippen LogP contribution in [0, 0.1) is 0 Å². The molecule has 0 aliphatic carbocycles. The maximum absolute atomic E-state index is 12.4. The molecule has 1 aliphatic heterocycles. The average Bonchev–Trinajstić information content (AvgIpc) is 2.53. The Morgan fingerprint density at radius 1 is 1.25 bits per heavy atom. The van der Waals surface area contributed by atoms with E-state index in [4.69, 9.17) is 9.47 Å². The second-order valence-electron chi connectivity index (χ2n) is 4.85. The fourth-order valence-corrected chi connectivity index (χ4v) is 2.38. The van der Waals surface area contributed by atoms with Gasteiger partial charge in [-0.25, -0.2) is 9.59 Å². The average molecular weight is 342 g/mol. The Kier molecular flexibility index (Phi) is 5.22. The van der Waals surface area contributed by atoms with E-state index in [1.54, 1.807) is 6.92 Å². The lowest BCUT2D eigenvalue weighted by Crippen LogP contribution is -2.45. The highest BCUT2D eigenvalue weighted by molar-refractivity contribution is 5.94. The van der Waals surface area contributed by atoms with Crippen molar-refractivity contribution in [2.75, 3.05) is 14.2 Å².